The molecule has 0 amide bonds. The monoisotopic (exact) mass is 361 g/mol. The molecule has 2 rings (SSSR count). The third-order valence-corrected chi connectivity index (χ3v) is 5.30. The van der Waals surface area contributed by atoms with E-state index in [-0.39, 0.29) is 9.37 Å². The fourth-order valence-corrected chi connectivity index (χ4v) is 4.29. The molecule has 0 radical (unpaired) electrons. The highest BCUT2D eigenvalue weighted by Crippen LogP contribution is 2.28. The molecule has 7 heteroatoms. The smallest absolute Gasteiger partial charge is 0.183 e. The number of nitrogen functional groups attached to an aromatic ring is 1. The first-order chi connectivity index (χ1) is 9.31. The van der Waals surface area contributed by atoms with E-state index in [0.717, 1.165) is 12.1 Å². The van der Waals surface area contributed by atoms with Crippen LogP contribution in [-0.2, 0) is 15.6 Å². The molecule has 0 saturated carbocycles. The van der Waals surface area contributed by atoms with Gasteiger partial charge in [-0.05, 0) is 46.3 Å². The highest BCUT2D eigenvalue weighted by atomic mass is 79.9. The second-order valence-corrected chi connectivity index (χ2v) is 6.96. The zero-order valence-corrected chi connectivity index (χ0v) is 12.5. The van der Waals surface area contributed by atoms with E-state index in [1.165, 1.54) is 24.3 Å². The molecule has 0 fully saturated rings. The van der Waals surface area contributed by atoms with Crippen molar-refractivity contribution in [2.75, 3.05) is 5.73 Å². The predicted octanol–water partition coefficient (Wildman–Crippen LogP) is 3.28. The maximum Gasteiger partial charge on any atom is 0.183 e. The molecule has 106 valence electrons. The number of sulfone groups is 1. The largest absolute Gasteiger partial charge is 0.399 e. The van der Waals surface area contributed by atoms with Crippen molar-refractivity contribution in [2.24, 2.45) is 0 Å². The highest BCUT2D eigenvalue weighted by Gasteiger charge is 2.22. The second kappa shape index (κ2) is 5.49. The van der Waals surface area contributed by atoms with Gasteiger partial charge in [-0.3, -0.25) is 0 Å². The molecule has 0 bridgehead atoms. The molecule has 2 aromatic rings. The third kappa shape index (κ3) is 2.99. The predicted molar refractivity (Wildman–Crippen MR) is 75.8 cm³/mol. The van der Waals surface area contributed by atoms with Gasteiger partial charge in [0.25, 0.3) is 0 Å². The van der Waals surface area contributed by atoms with Crippen LogP contribution in [-0.4, -0.2) is 8.42 Å². The molecule has 0 saturated heterocycles. The van der Waals surface area contributed by atoms with Gasteiger partial charge >= 0.3 is 0 Å². The van der Waals surface area contributed by atoms with Crippen molar-refractivity contribution < 1.29 is 17.2 Å². The fourth-order valence-electron chi connectivity index (χ4n) is 1.71. The maximum atomic E-state index is 13.5. The minimum Gasteiger partial charge on any atom is -0.399 e. The minimum absolute atomic E-state index is 0.0608. The molecule has 0 aliphatic rings. The molecule has 2 N–H and O–H groups in total. The van der Waals surface area contributed by atoms with Crippen molar-refractivity contribution in [2.45, 2.75) is 10.6 Å². The van der Waals surface area contributed by atoms with Gasteiger partial charge < -0.3 is 5.73 Å². The molecule has 0 unspecified atom stereocenters. The topological polar surface area (TPSA) is 60.2 Å². The number of halogens is 3. The number of anilines is 1. The SMILES string of the molecule is Nc1ccc(S(=O)(=O)Cc2c(F)cccc2F)c(Br)c1. The first kappa shape index (κ1) is 14.9. The Balaban J connectivity index is 2.46. The van der Waals surface area contributed by atoms with E-state index in [2.05, 4.69) is 15.9 Å². The van der Waals surface area contributed by atoms with Crippen LogP contribution in [0, 0.1) is 11.6 Å². The minimum atomic E-state index is -3.89. The number of hydrogen-bond acceptors (Lipinski definition) is 3. The van der Waals surface area contributed by atoms with Crippen LogP contribution in [0.1, 0.15) is 5.56 Å². The Morgan fingerprint density at radius 3 is 2.25 bits per heavy atom. The van der Waals surface area contributed by atoms with Crippen molar-refractivity contribution in [3.05, 3.63) is 58.1 Å². The number of benzene rings is 2. The maximum absolute atomic E-state index is 13.5. The number of rotatable bonds is 3. The van der Waals surface area contributed by atoms with Gasteiger partial charge in [-0.2, -0.15) is 0 Å². The van der Waals surface area contributed by atoms with Crippen molar-refractivity contribution in [1.82, 2.24) is 0 Å². The van der Waals surface area contributed by atoms with E-state index in [1.54, 1.807) is 0 Å². The summed E-state index contributed by atoms with van der Waals surface area (Å²) in [7, 11) is -3.89. The first-order valence-corrected chi connectivity index (χ1v) is 7.96. The average Bonchev–Trinajstić information content (AvgIpc) is 2.33. The van der Waals surface area contributed by atoms with Crippen LogP contribution in [0.25, 0.3) is 0 Å². The van der Waals surface area contributed by atoms with Gasteiger partial charge in [0.05, 0.1) is 10.6 Å². The van der Waals surface area contributed by atoms with Gasteiger partial charge in [0.2, 0.25) is 0 Å². The molecular formula is C13H10BrF2NO2S. The molecular weight excluding hydrogens is 352 g/mol. The lowest BCUT2D eigenvalue weighted by Crippen LogP contribution is -2.09. The lowest BCUT2D eigenvalue weighted by Gasteiger charge is -2.09. The van der Waals surface area contributed by atoms with Crippen molar-refractivity contribution in [1.29, 1.82) is 0 Å². The summed E-state index contributed by atoms with van der Waals surface area (Å²) in [6, 6.07) is 7.35. The highest BCUT2D eigenvalue weighted by molar-refractivity contribution is 9.10. The molecule has 3 nitrogen and oxygen atoms in total. The van der Waals surface area contributed by atoms with E-state index in [0.29, 0.717) is 5.69 Å². The molecule has 2 aromatic carbocycles. The van der Waals surface area contributed by atoms with Crippen LogP contribution >= 0.6 is 15.9 Å². The van der Waals surface area contributed by atoms with Crippen LogP contribution in [0.2, 0.25) is 0 Å². The average molecular weight is 362 g/mol. The summed E-state index contributed by atoms with van der Waals surface area (Å²) < 4.78 is 51.8. The van der Waals surface area contributed by atoms with Crippen molar-refractivity contribution in [3.63, 3.8) is 0 Å². The Kier molecular flexibility index (Phi) is 4.10. The van der Waals surface area contributed by atoms with Crippen LogP contribution in [0.15, 0.2) is 45.8 Å². The zero-order chi connectivity index (χ0) is 14.9. The summed E-state index contributed by atoms with van der Waals surface area (Å²) >= 11 is 3.09. The van der Waals surface area contributed by atoms with Crippen LogP contribution in [0.5, 0.6) is 0 Å². The van der Waals surface area contributed by atoms with E-state index in [4.69, 9.17) is 5.73 Å². The van der Waals surface area contributed by atoms with Crippen LogP contribution in [0.4, 0.5) is 14.5 Å². The van der Waals surface area contributed by atoms with Crippen molar-refractivity contribution in [3.8, 4) is 0 Å². The van der Waals surface area contributed by atoms with Gasteiger partial charge in [0, 0.05) is 15.7 Å². The van der Waals surface area contributed by atoms with Gasteiger partial charge in [-0.1, -0.05) is 6.07 Å². The Morgan fingerprint density at radius 1 is 1.10 bits per heavy atom. The third-order valence-electron chi connectivity index (χ3n) is 2.69. The van der Waals surface area contributed by atoms with E-state index < -0.39 is 32.8 Å². The van der Waals surface area contributed by atoms with Gasteiger partial charge in [-0.25, -0.2) is 17.2 Å². The summed E-state index contributed by atoms with van der Waals surface area (Å²) in [5.74, 6) is -2.53. The van der Waals surface area contributed by atoms with Gasteiger partial charge in [-0.15, -0.1) is 0 Å². The Bertz CT molecular complexity index is 743. The van der Waals surface area contributed by atoms with E-state index in [9.17, 15) is 17.2 Å². The molecule has 0 aliphatic heterocycles. The van der Waals surface area contributed by atoms with Crippen molar-refractivity contribution >= 4 is 31.5 Å². The van der Waals surface area contributed by atoms with Gasteiger partial charge in [0.15, 0.2) is 9.84 Å². The van der Waals surface area contributed by atoms with E-state index >= 15 is 0 Å². The summed E-state index contributed by atoms with van der Waals surface area (Å²) in [4.78, 5) is -0.0608. The van der Waals surface area contributed by atoms with Crippen LogP contribution in [0.3, 0.4) is 0 Å². The standard InChI is InChI=1S/C13H10BrF2NO2S/c14-10-6-8(17)4-5-13(10)20(18,19)7-9-11(15)2-1-3-12(9)16/h1-6H,7,17H2. The summed E-state index contributed by atoms with van der Waals surface area (Å²) in [6.07, 6.45) is 0. The molecule has 0 aromatic heterocycles. The molecule has 0 atom stereocenters. The Hall–Kier alpha value is -1.47. The number of hydrogen-bond donors (Lipinski definition) is 1. The molecule has 0 heterocycles. The normalized spacial score (nSPS) is 11.6. The summed E-state index contributed by atoms with van der Waals surface area (Å²) in [5.41, 5.74) is 5.43. The second-order valence-electron chi connectivity index (χ2n) is 4.15. The first-order valence-electron chi connectivity index (χ1n) is 5.52. The number of nitrogens with two attached hydrogens (primary N) is 1. The lowest BCUT2D eigenvalue weighted by molar-refractivity contribution is 0.555. The van der Waals surface area contributed by atoms with Crippen LogP contribution < -0.4 is 5.73 Å². The summed E-state index contributed by atoms with van der Waals surface area (Å²) in [5, 5.41) is 0. The lowest BCUT2D eigenvalue weighted by atomic mass is 10.2. The zero-order valence-electron chi connectivity index (χ0n) is 10.1. The Labute approximate surface area is 123 Å². The molecule has 20 heavy (non-hydrogen) atoms. The fraction of sp³-hybridized carbons (Fsp3) is 0.0769. The van der Waals surface area contributed by atoms with Gasteiger partial charge in [0.1, 0.15) is 11.6 Å². The molecule has 0 aliphatic carbocycles. The quantitative estimate of drug-likeness (QED) is 0.853. The summed E-state index contributed by atoms with van der Waals surface area (Å²) in [6.45, 7) is 0. The van der Waals surface area contributed by atoms with E-state index in [1.807, 2.05) is 0 Å². The Morgan fingerprint density at radius 2 is 1.70 bits per heavy atom. The molecule has 0 spiro atoms.